The van der Waals surface area contributed by atoms with Gasteiger partial charge in [-0.15, -0.1) is 0 Å². The molecule has 6 heteroatoms. The van der Waals surface area contributed by atoms with Crippen molar-refractivity contribution in [1.82, 2.24) is 5.32 Å². The van der Waals surface area contributed by atoms with Crippen LogP contribution in [0.25, 0.3) is 0 Å². The van der Waals surface area contributed by atoms with E-state index in [-0.39, 0.29) is 17.4 Å². The third-order valence-electron chi connectivity index (χ3n) is 2.42. The molecule has 0 bridgehead atoms. The average molecular weight is 239 g/mol. The fraction of sp³-hybridized carbons (Fsp3) is 0.545. The summed E-state index contributed by atoms with van der Waals surface area (Å²) in [4.78, 5) is 34.3. The van der Waals surface area contributed by atoms with E-state index >= 15 is 0 Å². The highest BCUT2D eigenvalue weighted by molar-refractivity contribution is 6.15. The number of ether oxygens (including phenoxy) is 2. The van der Waals surface area contributed by atoms with Gasteiger partial charge in [0.2, 0.25) is 5.91 Å². The van der Waals surface area contributed by atoms with Crippen LogP contribution < -0.4 is 5.32 Å². The van der Waals surface area contributed by atoms with Crippen molar-refractivity contribution in [2.24, 2.45) is 5.92 Å². The molecule has 17 heavy (non-hydrogen) atoms. The minimum atomic E-state index is -1.26. The molecule has 1 saturated heterocycles. The fourth-order valence-electron chi connectivity index (χ4n) is 1.39. The van der Waals surface area contributed by atoms with Gasteiger partial charge in [0, 0.05) is 26.0 Å². The summed E-state index contributed by atoms with van der Waals surface area (Å²) in [5, 5.41) is 2.40. The number of carbonyl (C=O) groups is 3. The van der Waals surface area contributed by atoms with Crippen LogP contribution in [-0.2, 0) is 23.9 Å². The molecule has 2 aliphatic rings. The summed E-state index contributed by atoms with van der Waals surface area (Å²) < 4.78 is 9.73. The lowest BCUT2D eigenvalue weighted by molar-refractivity contribution is -0.222. The lowest BCUT2D eigenvalue weighted by Gasteiger charge is -2.29. The van der Waals surface area contributed by atoms with Crippen molar-refractivity contribution in [3.8, 4) is 0 Å². The standard InChI is InChI=1S/C11H13NO5/c1-11(2)16-9(14)7(10(15)17-11)5-12-8(13)6-3-4-6/h5-6H,3-4H2,1-2H3,(H,12,13). The fourth-order valence-corrected chi connectivity index (χ4v) is 1.39. The normalized spacial score (nSPS) is 22.6. The van der Waals surface area contributed by atoms with Crippen molar-refractivity contribution in [1.29, 1.82) is 0 Å². The molecular formula is C11H13NO5. The van der Waals surface area contributed by atoms with Crippen LogP contribution in [0.1, 0.15) is 26.7 Å². The van der Waals surface area contributed by atoms with Gasteiger partial charge in [0.25, 0.3) is 5.79 Å². The van der Waals surface area contributed by atoms with E-state index in [1.165, 1.54) is 13.8 Å². The lowest BCUT2D eigenvalue weighted by atomic mass is 10.2. The van der Waals surface area contributed by atoms with Gasteiger partial charge >= 0.3 is 11.9 Å². The first-order chi connectivity index (χ1) is 7.89. The summed E-state index contributed by atoms with van der Waals surface area (Å²) >= 11 is 0. The molecule has 2 rings (SSSR count). The first kappa shape index (κ1) is 11.6. The molecule has 1 N–H and O–H groups in total. The van der Waals surface area contributed by atoms with Crippen molar-refractivity contribution in [3.05, 3.63) is 11.8 Å². The quantitative estimate of drug-likeness (QED) is 0.424. The molecule has 6 nitrogen and oxygen atoms in total. The van der Waals surface area contributed by atoms with E-state index in [0.29, 0.717) is 0 Å². The van der Waals surface area contributed by atoms with Gasteiger partial charge in [-0.3, -0.25) is 4.79 Å². The molecular weight excluding hydrogens is 226 g/mol. The van der Waals surface area contributed by atoms with Crippen molar-refractivity contribution >= 4 is 17.8 Å². The summed E-state index contributed by atoms with van der Waals surface area (Å²) in [5.74, 6) is -3.03. The first-order valence-corrected chi connectivity index (χ1v) is 5.36. The van der Waals surface area contributed by atoms with Crippen molar-refractivity contribution < 1.29 is 23.9 Å². The Morgan fingerprint density at radius 2 is 1.82 bits per heavy atom. The van der Waals surface area contributed by atoms with Crippen LogP contribution in [0.3, 0.4) is 0 Å². The van der Waals surface area contributed by atoms with Crippen LogP contribution in [0.5, 0.6) is 0 Å². The van der Waals surface area contributed by atoms with Crippen LogP contribution in [0.4, 0.5) is 0 Å². The maximum absolute atomic E-state index is 11.5. The minimum absolute atomic E-state index is 0.000998. The molecule has 2 fully saturated rings. The monoisotopic (exact) mass is 239 g/mol. The Hall–Kier alpha value is -1.85. The van der Waals surface area contributed by atoms with E-state index in [1.54, 1.807) is 0 Å². The van der Waals surface area contributed by atoms with Gasteiger partial charge in [0.05, 0.1) is 0 Å². The second-order valence-electron chi connectivity index (χ2n) is 4.52. The number of amides is 1. The van der Waals surface area contributed by atoms with Crippen molar-refractivity contribution in [2.75, 3.05) is 0 Å². The molecule has 0 aromatic heterocycles. The zero-order valence-corrected chi connectivity index (χ0v) is 9.61. The summed E-state index contributed by atoms with van der Waals surface area (Å²) in [6.45, 7) is 2.92. The maximum Gasteiger partial charge on any atom is 0.350 e. The zero-order chi connectivity index (χ0) is 12.6. The molecule has 0 unspecified atom stereocenters. The molecule has 0 aromatic rings. The number of nitrogens with one attached hydrogen (secondary N) is 1. The number of esters is 2. The van der Waals surface area contributed by atoms with E-state index in [9.17, 15) is 14.4 Å². The largest absolute Gasteiger partial charge is 0.419 e. The van der Waals surface area contributed by atoms with E-state index < -0.39 is 17.7 Å². The summed E-state index contributed by atoms with van der Waals surface area (Å²) in [7, 11) is 0. The van der Waals surface area contributed by atoms with E-state index in [1.807, 2.05) is 0 Å². The van der Waals surface area contributed by atoms with E-state index in [4.69, 9.17) is 9.47 Å². The highest BCUT2D eigenvalue weighted by Crippen LogP contribution is 2.29. The van der Waals surface area contributed by atoms with Crippen molar-refractivity contribution in [2.45, 2.75) is 32.5 Å². The molecule has 0 atom stereocenters. The van der Waals surface area contributed by atoms with Gasteiger partial charge in [-0.1, -0.05) is 0 Å². The highest BCUT2D eigenvalue weighted by atomic mass is 16.7. The van der Waals surface area contributed by atoms with Gasteiger partial charge in [0.15, 0.2) is 5.57 Å². The zero-order valence-electron chi connectivity index (χ0n) is 9.61. The molecule has 1 saturated carbocycles. The Morgan fingerprint density at radius 1 is 1.29 bits per heavy atom. The van der Waals surface area contributed by atoms with Crippen molar-refractivity contribution in [3.63, 3.8) is 0 Å². The lowest BCUT2D eigenvalue weighted by Crippen LogP contribution is -2.42. The molecule has 0 spiro atoms. The Bertz CT molecular complexity index is 398. The van der Waals surface area contributed by atoms with Crippen LogP contribution in [0.2, 0.25) is 0 Å². The average Bonchev–Trinajstić information content (AvgIpc) is 2.96. The number of hydrogen-bond acceptors (Lipinski definition) is 5. The van der Waals surface area contributed by atoms with Gasteiger partial charge in [0.1, 0.15) is 0 Å². The summed E-state index contributed by atoms with van der Waals surface area (Å²) in [6, 6.07) is 0. The number of rotatable bonds is 2. The maximum atomic E-state index is 11.5. The molecule has 1 heterocycles. The highest BCUT2D eigenvalue weighted by Gasteiger charge is 2.39. The smallest absolute Gasteiger partial charge is 0.350 e. The van der Waals surface area contributed by atoms with Gasteiger partial charge in [-0.05, 0) is 12.8 Å². The topological polar surface area (TPSA) is 81.7 Å². The van der Waals surface area contributed by atoms with E-state index in [2.05, 4.69) is 5.32 Å². The molecule has 0 radical (unpaired) electrons. The second kappa shape index (κ2) is 3.87. The SMILES string of the molecule is CC1(C)OC(=O)C(=CNC(=O)C2CC2)C(=O)O1. The summed E-state index contributed by atoms with van der Waals surface area (Å²) in [5.41, 5.74) is -0.293. The predicted octanol–water partition coefficient (Wildman–Crippen LogP) is 0.233. The Morgan fingerprint density at radius 3 is 2.29 bits per heavy atom. The van der Waals surface area contributed by atoms with E-state index in [0.717, 1.165) is 19.0 Å². The number of cyclic esters (lactones) is 2. The van der Waals surface area contributed by atoms with Crippen LogP contribution in [-0.4, -0.2) is 23.6 Å². The van der Waals surface area contributed by atoms with Crippen LogP contribution >= 0.6 is 0 Å². The first-order valence-electron chi connectivity index (χ1n) is 5.36. The molecule has 92 valence electrons. The number of hydrogen-bond donors (Lipinski definition) is 1. The third kappa shape index (κ3) is 2.64. The Labute approximate surface area is 97.9 Å². The minimum Gasteiger partial charge on any atom is -0.419 e. The summed E-state index contributed by atoms with van der Waals surface area (Å²) in [6.07, 6.45) is 2.74. The van der Waals surface area contributed by atoms with Gasteiger partial charge in [-0.2, -0.15) is 0 Å². The Kier molecular flexibility index (Phi) is 2.65. The van der Waals surface area contributed by atoms with Crippen LogP contribution in [0, 0.1) is 5.92 Å². The Balaban J connectivity index is 2.04. The predicted molar refractivity (Wildman–Crippen MR) is 55.2 cm³/mol. The van der Waals surface area contributed by atoms with Gasteiger partial charge in [-0.25, -0.2) is 9.59 Å². The van der Waals surface area contributed by atoms with Gasteiger partial charge < -0.3 is 14.8 Å². The number of carbonyl (C=O) groups excluding carboxylic acids is 3. The molecule has 1 amide bonds. The third-order valence-corrected chi connectivity index (χ3v) is 2.42. The van der Waals surface area contributed by atoms with Crippen LogP contribution in [0.15, 0.2) is 11.8 Å². The molecule has 1 aliphatic heterocycles. The molecule has 0 aromatic carbocycles. The molecule has 1 aliphatic carbocycles. The second-order valence-corrected chi connectivity index (χ2v) is 4.52.